The summed E-state index contributed by atoms with van der Waals surface area (Å²) in [4.78, 5) is 19.7. The van der Waals surface area contributed by atoms with Crippen LogP contribution in [0.4, 0.5) is 15.8 Å². The number of carbonyl (C=O) groups excluding carboxylic acids is 1. The Morgan fingerprint density at radius 3 is 2.85 bits per heavy atom. The highest BCUT2D eigenvalue weighted by molar-refractivity contribution is 6.13. The van der Waals surface area contributed by atoms with Crippen LogP contribution in [0.25, 0.3) is 16.6 Å². The number of anilines is 2. The minimum absolute atomic E-state index is 0.237. The molecule has 0 radical (unpaired) electrons. The maximum Gasteiger partial charge on any atom is 0.257 e. The first-order chi connectivity index (χ1) is 16.3. The third-order valence-corrected chi connectivity index (χ3v) is 6.98. The van der Waals surface area contributed by atoms with E-state index in [1.54, 1.807) is 28.4 Å². The molecule has 1 saturated carbocycles. The van der Waals surface area contributed by atoms with E-state index in [1.807, 2.05) is 25.4 Å². The number of amides is 1. The van der Waals surface area contributed by atoms with E-state index in [1.165, 1.54) is 18.9 Å². The summed E-state index contributed by atoms with van der Waals surface area (Å²) in [6.07, 6.45) is 8.94. The number of pyridine rings is 1. The standard InChI is InChI=1S/C25H28FN7O/c1-15-11-33-13-17(10-20(26)23(33)27-15)28-24(34)18-4-5-21(19-14-31(3)30-22(18)19)32-9-6-16(12-32)29-25(2)7-8-25/h4-5,10-11,13-14,16,29H,6-9,12H2,1-3H3,(H,28,34)/t16-/m1/s1. The van der Waals surface area contributed by atoms with Crippen molar-refractivity contribution in [3.05, 3.63) is 53.9 Å². The van der Waals surface area contributed by atoms with Crippen LogP contribution >= 0.6 is 0 Å². The lowest BCUT2D eigenvalue weighted by molar-refractivity contribution is 0.102. The highest BCUT2D eigenvalue weighted by atomic mass is 19.1. The molecule has 1 aromatic carbocycles. The molecule has 4 aromatic rings. The number of carbonyl (C=O) groups is 1. The molecule has 9 heteroatoms. The van der Waals surface area contributed by atoms with Crippen LogP contribution in [-0.2, 0) is 7.05 Å². The number of halogens is 1. The Balaban J connectivity index is 1.28. The van der Waals surface area contributed by atoms with Gasteiger partial charge in [0, 0.05) is 67.4 Å². The van der Waals surface area contributed by atoms with Crippen molar-refractivity contribution in [3.63, 3.8) is 0 Å². The van der Waals surface area contributed by atoms with E-state index in [9.17, 15) is 9.18 Å². The van der Waals surface area contributed by atoms with E-state index >= 15 is 0 Å². The lowest BCUT2D eigenvalue weighted by atomic mass is 10.1. The molecule has 1 aliphatic carbocycles. The summed E-state index contributed by atoms with van der Waals surface area (Å²) < 4.78 is 17.8. The van der Waals surface area contributed by atoms with E-state index < -0.39 is 5.82 Å². The topological polar surface area (TPSA) is 79.5 Å². The Labute approximate surface area is 196 Å². The van der Waals surface area contributed by atoms with Crippen LogP contribution in [0.15, 0.2) is 36.8 Å². The molecule has 4 heterocycles. The van der Waals surface area contributed by atoms with Crippen molar-refractivity contribution in [1.29, 1.82) is 0 Å². The van der Waals surface area contributed by atoms with Crippen molar-refractivity contribution in [2.75, 3.05) is 23.3 Å². The zero-order valence-corrected chi connectivity index (χ0v) is 19.6. The van der Waals surface area contributed by atoms with Crippen molar-refractivity contribution in [2.45, 2.75) is 44.7 Å². The Hall–Kier alpha value is -3.46. The molecule has 1 atom stereocenters. The molecular formula is C25H28FN7O. The summed E-state index contributed by atoms with van der Waals surface area (Å²) in [5.74, 6) is -0.810. The number of nitrogens with one attached hydrogen (secondary N) is 2. The van der Waals surface area contributed by atoms with Gasteiger partial charge in [0.15, 0.2) is 11.5 Å². The first kappa shape index (κ1) is 21.1. The third-order valence-electron chi connectivity index (χ3n) is 6.98. The second-order valence-corrected chi connectivity index (χ2v) is 9.98. The van der Waals surface area contributed by atoms with Gasteiger partial charge in [-0.15, -0.1) is 0 Å². The fourth-order valence-electron chi connectivity index (χ4n) is 5.03. The van der Waals surface area contributed by atoms with Gasteiger partial charge >= 0.3 is 0 Å². The normalized spacial score (nSPS) is 19.3. The van der Waals surface area contributed by atoms with Crippen molar-refractivity contribution in [2.24, 2.45) is 7.05 Å². The molecule has 2 fully saturated rings. The van der Waals surface area contributed by atoms with E-state index in [-0.39, 0.29) is 11.6 Å². The Morgan fingerprint density at radius 2 is 2.06 bits per heavy atom. The summed E-state index contributed by atoms with van der Waals surface area (Å²) in [5.41, 5.74) is 3.81. The Kier molecular flexibility index (Phi) is 4.67. The second-order valence-electron chi connectivity index (χ2n) is 9.98. The first-order valence-corrected chi connectivity index (χ1v) is 11.7. The highest BCUT2D eigenvalue weighted by Gasteiger charge is 2.40. The molecule has 0 unspecified atom stereocenters. The monoisotopic (exact) mass is 461 g/mol. The zero-order valence-electron chi connectivity index (χ0n) is 19.6. The summed E-state index contributed by atoms with van der Waals surface area (Å²) in [6.45, 7) is 6.00. The Morgan fingerprint density at radius 1 is 1.24 bits per heavy atom. The molecule has 8 nitrogen and oxygen atoms in total. The summed E-state index contributed by atoms with van der Waals surface area (Å²) in [7, 11) is 1.86. The lowest BCUT2D eigenvalue weighted by Gasteiger charge is -2.22. The molecule has 3 aromatic heterocycles. The number of imidazole rings is 1. The SMILES string of the molecule is Cc1cn2cc(NC(=O)c3ccc(N4CC[C@@H](NC5(C)CC5)C4)c4cn(C)nc34)cc(F)c2n1. The molecule has 1 amide bonds. The fourth-order valence-corrected chi connectivity index (χ4v) is 5.03. The zero-order chi connectivity index (χ0) is 23.6. The number of rotatable bonds is 5. The molecule has 2 N–H and O–H groups in total. The number of fused-ring (bicyclic) bond motifs is 2. The van der Waals surface area contributed by atoms with Crippen molar-refractivity contribution < 1.29 is 9.18 Å². The quantitative estimate of drug-likeness (QED) is 0.474. The van der Waals surface area contributed by atoms with Crippen LogP contribution in [0.1, 0.15) is 42.2 Å². The molecule has 34 heavy (non-hydrogen) atoms. The predicted molar refractivity (Wildman–Crippen MR) is 130 cm³/mol. The van der Waals surface area contributed by atoms with Gasteiger partial charge in [0.25, 0.3) is 5.91 Å². The van der Waals surface area contributed by atoms with Crippen molar-refractivity contribution >= 4 is 33.8 Å². The summed E-state index contributed by atoms with van der Waals surface area (Å²) >= 11 is 0. The summed E-state index contributed by atoms with van der Waals surface area (Å²) in [5, 5.41) is 12.2. The molecule has 1 aliphatic heterocycles. The van der Waals surface area contributed by atoms with E-state index in [2.05, 4.69) is 32.5 Å². The average Bonchev–Trinajstić information content (AvgIpc) is 3.12. The predicted octanol–water partition coefficient (Wildman–Crippen LogP) is 3.64. The van der Waals surface area contributed by atoms with Crippen LogP contribution in [0.5, 0.6) is 0 Å². The second kappa shape index (κ2) is 7.53. The van der Waals surface area contributed by atoms with Crippen LogP contribution in [0.3, 0.4) is 0 Å². The van der Waals surface area contributed by atoms with E-state index in [0.29, 0.717) is 34.0 Å². The number of nitrogens with zero attached hydrogens (tertiary/aromatic N) is 5. The molecular weight excluding hydrogens is 433 g/mol. The smallest absolute Gasteiger partial charge is 0.257 e. The van der Waals surface area contributed by atoms with Gasteiger partial charge in [0.1, 0.15) is 5.52 Å². The lowest BCUT2D eigenvalue weighted by Crippen LogP contribution is -2.40. The molecule has 6 rings (SSSR count). The highest BCUT2D eigenvalue weighted by Crippen LogP contribution is 2.37. The van der Waals surface area contributed by atoms with E-state index in [0.717, 1.165) is 30.6 Å². The number of hydrogen-bond acceptors (Lipinski definition) is 5. The minimum Gasteiger partial charge on any atom is -0.369 e. The van der Waals surface area contributed by atoms with Gasteiger partial charge in [-0.25, -0.2) is 9.37 Å². The van der Waals surface area contributed by atoms with Gasteiger partial charge in [-0.2, -0.15) is 5.10 Å². The molecule has 2 aliphatic rings. The van der Waals surface area contributed by atoms with Crippen molar-refractivity contribution in [1.82, 2.24) is 24.5 Å². The number of aromatic nitrogens is 4. The van der Waals surface area contributed by atoms with Gasteiger partial charge in [0.2, 0.25) is 0 Å². The molecule has 0 bridgehead atoms. The average molecular weight is 462 g/mol. The fraction of sp³-hybridized carbons (Fsp3) is 0.400. The first-order valence-electron chi connectivity index (χ1n) is 11.7. The van der Waals surface area contributed by atoms with Gasteiger partial charge in [-0.1, -0.05) is 0 Å². The maximum absolute atomic E-state index is 14.5. The molecule has 0 spiro atoms. The van der Waals surface area contributed by atoms with Gasteiger partial charge in [-0.3, -0.25) is 9.48 Å². The maximum atomic E-state index is 14.5. The largest absolute Gasteiger partial charge is 0.369 e. The molecule has 1 saturated heterocycles. The van der Waals surface area contributed by atoms with Crippen LogP contribution in [0, 0.1) is 12.7 Å². The van der Waals surface area contributed by atoms with Gasteiger partial charge < -0.3 is 19.9 Å². The van der Waals surface area contributed by atoms with Crippen molar-refractivity contribution in [3.8, 4) is 0 Å². The van der Waals surface area contributed by atoms with Crippen LogP contribution in [-0.4, -0.2) is 49.7 Å². The summed E-state index contributed by atoms with van der Waals surface area (Å²) in [6, 6.07) is 5.59. The molecule has 176 valence electrons. The van der Waals surface area contributed by atoms with Crippen LogP contribution in [0.2, 0.25) is 0 Å². The Bertz CT molecular complexity index is 1430. The van der Waals surface area contributed by atoms with Gasteiger partial charge in [-0.05, 0) is 45.2 Å². The van der Waals surface area contributed by atoms with Gasteiger partial charge in [0.05, 0.1) is 16.9 Å². The van der Waals surface area contributed by atoms with E-state index in [4.69, 9.17) is 0 Å². The minimum atomic E-state index is -0.485. The number of aryl methyl sites for hydroxylation is 2. The third kappa shape index (κ3) is 3.69. The number of hydrogen-bond donors (Lipinski definition) is 2. The van der Waals surface area contributed by atoms with Crippen LogP contribution < -0.4 is 15.5 Å². The number of benzene rings is 1.